The molecule has 0 spiro atoms. The Morgan fingerprint density at radius 1 is 1.31 bits per heavy atom. The number of fused-ring (bicyclic) bond motifs is 2. The van der Waals surface area contributed by atoms with Crippen LogP contribution in [0, 0.1) is 6.92 Å². The number of nitrogens with one attached hydrogen (secondary N) is 1. The molecule has 2 atom stereocenters. The van der Waals surface area contributed by atoms with Crippen molar-refractivity contribution in [2.24, 2.45) is 0 Å². The lowest BCUT2D eigenvalue weighted by molar-refractivity contribution is -0.121. The first-order chi connectivity index (χ1) is 12.6. The Balaban J connectivity index is 1.34. The Hall–Kier alpha value is -2.12. The first kappa shape index (κ1) is 17.3. The number of benzene rings is 1. The van der Waals surface area contributed by atoms with Crippen LogP contribution in [0.1, 0.15) is 12.0 Å². The van der Waals surface area contributed by atoms with Gasteiger partial charge in [0.1, 0.15) is 5.82 Å². The van der Waals surface area contributed by atoms with Gasteiger partial charge in [-0.2, -0.15) is 0 Å². The van der Waals surface area contributed by atoms with Crippen molar-refractivity contribution in [1.82, 2.24) is 14.9 Å². The monoisotopic (exact) mass is 369 g/mol. The van der Waals surface area contributed by atoms with Crippen molar-refractivity contribution >= 4 is 29.2 Å². The molecular weight excluding hydrogens is 346 g/mol. The van der Waals surface area contributed by atoms with E-state index in [-0.39, 0.29) is 5.91 Å². The van der Waals surface area contributed by atoms with Gasteiger partial charge in [-0.25, -0.2) is 9.97 Å². The van der Waals surface area contributed by atoms with Crippen LogP contribution < -0.4 is 10.2 Å². The molecule has 3 aliphatic heterocycles. The number of anilines is 2. The average Bonchev–Trinajstić information content (AvgIpc) is 2.66. The minimum Gasteiger partial charge on any atom is -0.353 e. The summed E-state index contributed by atoms with van der Waals surface area (Å²) in [5, 5.41) is 3.81. The van der Waals surface area contributed by atoms with Crippen LogP contribution in [0.3, 0.4) is 0 Å². The van der Waals surface area contributed by atoms with Crippen molar-refractivity contribution < 1.29 is 4.79 Å². The molecule has 2 bridgehead atoms. The molecule has 3 aliphatic rings. The van der Waals surface area contributed by atoms with Gasteiger partial charge in [-0.05, 0) is 43.4 Å². The molecule has 0 aliphatic carbocycles. The third-order valence-corrected chi connectivity index (χ3v) is 5.66. The van der Waals surface area contributed by atoms with Crippen molar-refractivity contribution in [2.75, 3.05) is 36.1 Å². The van der Waals surface area contributed by atoms with E-state index in [0.717, 1.165) is 41.7 Å². The largest absolute Gasteiger partial charge is 0.353 e. The number of piperazine rings is 1. The van der Waals surface area contributed by atoms with E-state index in [4.69, 9.17) is 0 Å². The zero-order valence-electron chi connectivity index (χ0n) is 15.1. The highest BCUT2D eigenvalue weighted by Gasteiger charge is 2.45. The normalized spacial score (nSPS) is 22.0. The second kappa shape index (κ2) is 7.25. The summed E-state index contributed by atoms with van der Waals surface area (Å²) >= 11 is 1.56. The van der Waals surface area contributed by atoms with E-state index >= 15 is 0 Å². The maximum absolute atomic E-state index is 12.4. The van der Waals surface area contributed by atoms with Crippen LogP contribution in [0.4, 0.5) is 11.5 Å². The summed E-state index contributed by atoms with van der Waals surface area (Å²) in [6, 6.07) is 10.7. The van der Waals surface area contributed by atoms with Gasteiger partial charge in [0.05, 0.1) is 6.54 Å². The number of aromatic nitrogens is 2. The van der Waals surface area contributed by atoms with Crippen LogP contribution in [0.25, 0.3) is 0 Å². The Morgan fingerprint density at radius 2 is 2.12 bits per heavy atom. The van der Waals surface area contributed by atoms with Gasteiger partial charge in [-0.15, -0.1) is 0 Å². The van der Waals surface area contributed by atoms with E-state index < -0.39 is 0 Å². The van der Waals surface area contributed by atoms with E-state index in [9.17, 15) is 4.79 Å². The van der Waals surface area contributed by atoms with Gasteiger partial charge < -0.3 is 10.2 Å². The minimum absolute atomic E-state index is 0.0606. The van der Waals surface area contributed by atoms with E-state index in [1.165, 1.54) is 0 Å². The summed E-state index contributed by atoms with van der Waals surface area (Å²) in [4.78, 5) is 25.9. The number of rotatable bonds is 5. The Kier molecular flexibility index (Phi) is 4.82. The van der Waals surface area contributed by atoms with Crippen molar-refractivity contribution in [3.05, 3.63) is 42.1 Å². The molecule has 3 fully saturated rings. The van der Waals surface area contributed by atoms with Crippen molar-refractivity contribution in [3.63, 3.8) is 0 Å². The molecular formula is C19H23N5OS. The smallest absolute Gasteiger partial charge is 0.238 e. The second-order valence-electron chi connectivity index (χ2n) is 6.94. The topological polar surface area (TPSA) is 61.4 Å². The molecule has 1 aromatic carbocycles. The summed E-state index contributed by atoms with van der Waals surface area (Å²) in [7, 11) is 0. The molecule has 0 radical (unpaired) electrons. The molecule has 0 saturated carbocycles. The maximum atomic E-state index is 12.4. The molecule has 5 rings (SSSR count). The molecule has 3 saturated heterocycles. The van der Waals surface area contributed by atoms with Crippen LogP contribution in [0.15, 0.2) is 41.7 Å². The number of amides is 1. The van der Waals surface area contributed by atoms with Crippen LogP contribution in [-0.4, -0.2) is 58.7 Å². The standard InChI is InChI=1S/C19H23N5OS/c1-13-4-3-5-14(8-13)21-18(25)12-24-15-9-16(24)11-23(10-15)17-6-7-20-19(22-17)26-2/h3-8,15-16H,9-12H2,1-2H3,(H,21,25). The third-order valence-electron chi connectivity index (χ3n) is 5.10. The molecule has 2 unspecified atom stereocenters. The Morgan fingerprint density at radius 3 is 2.85 bits per heavy atom. The summed E-state index contributed by atoms with van der Waals surface area (Å²) in [5.41, 5.74) is 2.02. The molecule has 1 N–H and O–H groups in total. The zero-order valence-corrected chi connectivity index (χ0v) is 15.9. The predicted molar refractivity (Wildman–Crippen MR) is 105 cm³/mol. The zero-order chi connectivity index (χ0) is 18.1. The van der Waals surface area contributed by atoms with Crippen LogP contribution in [0.5, 0.6) is 0 Å². The fourth-order valence-corrected chi connectivity index (χ4v) is 4.18. The molecule has 26 heavy (non-hydrogen) atoms. The number of piperidine rings is 1. The molecule has 2 aromatic rings. The lowest BCUT2D eigenvalue weighted by atomic mass is 9.87. The van der Waals surface area contributed by atoms with Gasteiger partial charge in [0, 0.05) is 37.1 Å². The summed E-state index contributed by atoms with van der Waals surface area (Å²) in [6.45, 7) is 4.31. The highest BCUT2D eigenvalue weighted by atomic mass is 32.2. The number of nitrogens with zero attached hydrogens (tertiary/aromatic N) is 4. The SMILES string of the molecule is CSc1nccc(N2CC3CC(C2)N3CC(=O)Nc2cccc(C)c2)n1. The van der Waals surface area contributed by atoms with E-state index in [2.05, 4.69) is 25.1 Å². The van der Waals surface area contributed by atoms with Gasteiger partial charge >= 0.3 is 0 Å². The second-order valence-corrected chi connectivity index (χ2v) is 7.71. The molecule has 7 heteroatoms. The number of carbonyl (C=O) groups excluding carboxylic acids is 1. The number of aryl methyl sites for hydroxylation is 1. The van der Waals surface area contributed by atoms with Crippen molar-refractivity contribution in [2.45, 2.75) is 30.6 Å². The average molecular weight is 369 g/mol. The molecule has 4 heterocycles. The van der Waals surface area contributed by atoms with Crippen LogP contribution in [-0.2, 0) is 4.79 Å². The third kappa shape index (κ3) is 3.54. The Bertz CT molecular complexity index is 802. The number of carbonyl (C=O) groups is 1. The van der Waals surface area contributed by atoms with Gasteiger partial charge in [0.2, 0.25) is 5.91 Å². The Labute approximate surface area is 158 Å². The molecule has 1 amide bonds. The van der Waals surface area contributed by atoms with Crippen molar-refractivity contribution in [3.8, 4) is 0 Å². The first-order valence-corrected chi connectivity index (χ1v) is 10.1. The molecule has 1 aromatic heterocycles. The van der Waals surface area contributed by atoms with Crippen LogP contribution >= 0.6 is 11.8 Å². The van der Waals surface area contributed by atoms with E-state index in [1.54, 1.807) is 11.8 Å². The quantitative estimate of drug-likeness (QED) is 0.645. The lowest BCUT2D eigenvalue weighted by Gasteiger charge is -2.56. The highest BCUT2D eigenvalue weighted by Crippen LogP contribution is 2.34. The van der Waals surface area contributed by atoms with Crippen LogP contribution in [0.2, 0.25) is 0 Å². The molecule has 6 nitrogen and oxygen atoms in total. The summed E-state index contributed by atoms with van der Waals surface area (Å²) in [6.07, 6.45) is 4.97. The number of thioether (sulfide) groups is 1. The maximum Gasteiger partial charge on any atom is 0.238 e. The molecule has 136 valence electrons. The van der Waals surface area contributed by atoms with Crippen molar-refractivity contribution in [1.29, 1.82) is 0 Å². The predicted octanol–water partition coefficient (Wildman–Crippen LogP) is 2.41. The minimum atomic E-state index is 0.0606. The lowest BCUT2D eigenvalue weighted by Crippen LogP contribution is -2.69. The van der Waals surface area contributed by atoms with Gasteiger partial charge in [0.15, 0.2) is 5.16 Å². The van der Waals surface area contributed by atoms with E-state index in [0.29, 0.717) is 18.6 Å². The summed E-state index contributed by atoms with van der Waals surface area (Å²) < 4.78 is 0. The number of hydrogen-bond donors (Lipinski definition) is 1. The highest BCUT2D eigenvalue weighted by molar-refractivity contribution is 7.98. The fraction of sp³-hybridized carbons (Fsp3) is 0.421. The van der Waals surface area contributed by atoms with E-state index in [1.807, 2.05) is 49.7 Å². The van der Waals surface area contributed by atoms with Gasteiger partial charge in [-0.3, -0.25) is 9.69 Å². The van der Waals surface area contributed by atoms with Gasteiger partial charge in [-0.1, -0.05) is 23.9 Å². The fourth-order valence-electron chi connectivity index (χ4n) is 3.83. The summed E-state index contributed by atoms with van der Waals surface area (Å²) in [5.74, 6) is 1.05. The van der Waals surface area contributed by atoms with Gasteiger partial charge in [0.25, 0.3) is 0 Å². The number of hydrogen-bond acceptors (Lipinski definition) is 6. The first-order valence-electron chi connectivity index (χ1n) is 8.86.